The summed E-state index contributed by atoms with van der Waals surface area (Å²) >= 11 is 4.08. The number of carbonyl (C=O) groups is 7. The molecule has 0 fully saturated rings. The van der Waals surface area contributed by atoms with Crippen LogP contribution in [0.5, 0.6) is 0 Å². The van der Waals surface area contributed by atoms with E-state index in [2.05, 4.69) is 49.5 Å². The van der Waals surface area contributed by atoms with Gasteiger partial charge >= 0.3 is 0 Å². The number of para-hydroxylation sites is 1. The van der Waals surface area contributed by atoms with Gasteiger partial charge in [0, 0.05) is 36.2 Å². The summed E-state index contributed by atoms with van der Waals surface area (Å²) in [5, 5.41) is 26.8. The summed E-state index contributed by atoms with van der Waals surface area (Å²) in [5.41, 5.74) is 6.84. The van der Waals surface area contributed by atoms with Crippen LogP contribution in [0.2, 0.25) is 0 Å². The maximum atomic E-state index is 14.0. The largest absolute Gasteiger partial charge is 0.394 e. The van der Waals surface area contributed by atoms with Gasteiger partial charge in [-0.15, -0.1) is 0 Å². The molecular weight excluding hydrogens is 717 g/mol. The second kappa shape index (κ2) is 21.9. The molecule has 0 aliphatic rings. The van der Waals surface area contributed by atoms with Crippen molar-refractivity contribution in [1.29, 1.82) is 0 Å². The van der Waals surface area contributed by atoms with Crippen molar-refractivity contribution in [3.8, 4) is 0 Å². The Kier molecular flexibility index (Phi) is 18.5. The van der Waals surface area contributed by atoms with Crippen molar-refractivity contribution in [1.82, 2.24) is 36.9 Å². The fourth-order valence-electron chi connectivity index (χ4n) is 5.79. The molecule has 0 spiro atoms. The van der Waals surface area contributed by atoms with Crippen LogP contribution in [0.1, 0.15) is 73.3 Å². The lowest BCUT2D eigenvalue weighted by atomic mass is 9.96. The minimum Gasteiger partial charge on any atom is -0.394 e. The number of hydrogen-bond donors (Lipinski definition) is 10. The number of aliphatic hydroxyl groups is 1. The maximum Gasteiger partial charge on any atom is 0.245 e. The molecule has 2 aromatic rings. The zero-order valence-corrected chi connectivity index (χ0v) is 33.0. The van der Waals surface area contributed by atoms with Crippen LogP contribution < -0.4 is 37.6 Å². The molecule has 2 rings (SSSR count). The molecular formula is C37H58N8O8S. The number of aromatic amines is 1. The Bertz CT molecular complexity index is 1620. The summed E-state index contributed by atoms with van der Waals surface area (Å²) in [6.45, 7) is 11.3. The molecule has 1 aromatic carbocycles. The minimum absolute atomic E-state index is 0.0466. The van der Waals surface area contributed by atoms with Crippen molar-refractivity contribution in [2.24, 2.45) is 23.5 Å². The van der Waals surface area contributed by atoms with Gasteiger partial charge in [0.2, 0.25) is 41.4 Å². The molecule has 0 unspecified atom stereocenters. The molecule has 54 heavy (non-hydrogen) atoms. The Morgan fingerprint density at radius 1 is 0.722 bits per heavy atom. The van der Waals surface area contributed by atoms with E-state index >= 15 is 0 Å². The molecule has 0 radical (unpaired) electrons. The van der Waals surface area contributed by atoms with Gasteiger partial charge in [0.1, 0.15) is 36.3 Å². The first kappa shape index (κ1) is 45.5. The maximum absolute atomic E-state index is 14.0. The number of aromatic nitrogens is 1. The molecule has 8 atom stereocenters. The predicted molar refractivity (Wildman–Crippen MR) is 208 cm³/mol. The number of benzene rings is 1. The predicted octanol–water partition coefficient (Wildman–Crippen LogP) is 0.185. The van der Waals surface area contributed by atoms with Crippen LogP contribution >= 0.6 is 12.6 Å². The number of primary amides is 1. The molecule has 300 valence electrons. The fourth-order valence-corrected chi connectivity index (χ4v) is 6.06. The first-order chi connectivity index (χ1) is 25.5. The van der Waals surface area contributed by atoms with Crippen molar-refractivity contribution in [2.45, 2.75) is 110 Å². The molecule has 0 saturated carbocycles. The van der Waals surface area contributed by atoms with Crippen molar-refractivity contribution in [2.75, 3.05) is 12.4 Å². The zero-order chi connectivity index (χ0) is 40.7. The van der Waals surface area contributed by atoms with Crippen LogP contribution in [0.25, 0.3) is 10.9 Å². The monoisotopic (exact) mass is 774 g/mol. The third kappa shape index (κ3) is 13.3. The van der Waals surface area contributed by atoms with E-state index in [-0.39, 0.29) is 18.1 Å². The van der Waals surface area contributed by atoms with E-state index in [1.807, 2.05) is 52.0 Å². The van der Waals surface area contributed by atoms with Crippen LogP contribution in [0.15, 0.2) is 30.5 Å². The van der Waals surface area contributed by atoms with Crippen LogP contribution in [0.3, 0.4) is 0 Å². The molecule has 10 N–H and O–H groups in total. The summed E-state index contributed by atoms with van der Waals surface area (Å²) < 4.78 is 0. The second-order valence-corrected chi connectivity index (χ2v) is 14.5. The number of aliphatic hydroxyl groups excluding tert-OH is 1. The lowest BCUT2D eigenvalue weighted by Gasteiger charge is -2.29. The fraction of sp³-hybridized carbons (Fsp3) is 0.595. The van der Waals surface area contributed by atoms with Gasteiger partial charge in [-0.1, -0.05) is 72.6 Å². The number of fused-ring (bicyclic) bond motifs is 1. The van der Waals surface area contributed by atoms with Crippen LogP contribution in [-0.2, 0) is 40.0 Å². The number of hydrogen-bond acceptors (Lipinski definition) is 9. The van der Waals surface area contributed by atoms with E-state index in [1.165, 1.54) is 6.92 Å². The highest BCUT2D eigenvalue weighted by molar-refractivity contribution is 7.80. The SMILES string of the molecule is CC[C@H](C)[C@H](NC(=O)[C@H](Cc1c[nH]c2ccccc12)NC(=O)[C@H](CO)NC(=O)[C@@H](NC(=O)[C@H](CC(C)C)NC(C)=O)[C@@H](C)CC)C(=O)N[C@@H](CS)C(N)=O. The highest BCUT2D eigenvalue weighted by Gasteiger charge is 2.35. The number of amides is 7. The summed E-state index contributed by atoms with van der Waals surface area (Å²) in [6.07, 6.45) is 2.90. The third-order valence-corrected chi connectivity index (χ3v) is 9.74. The van der Waals surface area contributed by atoms with Gasteiger partial charge in [0.25, 0.3) is 0 Å². The molecule has 0 aliphatic carbocycles. The van der Waals surface area contributed by atoms with Crippen LogP contribution in [0, 0.1) is 17.8 Å². The van der Waals surface area contributed by atoms with Gasteiger partial charge in [-0.3, -0.25) is 33.6 Å². The molecule has 0 bridgehead atoms. The molecule has 1 heterocycles. The summed E-state index contributed by atoms with van der Waals surface area (Å²) in [6, 6.07) is 0.245. The Morgan fingerprint density at radius 3 is 1.70 bits per heavy atom. The lowest BCUT2D eigenvalue weighted by Crippen LogP contribution is -2.62. The first-order valence-electron chi connectivity index (χ1n) is 18.3. The van der Waals surface area contributed by atoms with Gasteiger partial charge in [-0.2, -0.15) is 12.6 Å². The number of rotatable bonds is 22. The summed E-state index contributed by atoms with van der Waals surface area (Å²) in [7, 11) is 0. The topological polar surface area (TPSA) is 254 Å². The van der Waals surface area contributed by atoms with Crippen LogP contribution in [-0.4, -0.2) is 100 Å². The quantitative estimate of drug-likeness (QED) is 0.0738. The van der Waals surface area contributed by atoms with E-state index in [4.69, 9.17) is 5.73 Å². The van der Waals surface area contributed by atoms with Crippen molar-refractivity contribution in [3.63, 3.8) is 0 Å². The molecule has 0 saturated heterocycles. The number of nitrogens with one attached hydrogen (secondary N) is 7. The number of H-pyrrole nitrogens is 1. The minimum atomic E-state index is -1.54. The normalized spacial score (nSPS) is 15.7. The first-order valence-corrected chi connectivity index (χ1v) is 19.0. The van der Waals surface area contributed by atoms with Crippen molar-refractivity contribution in [3.05, 3.63) is 36.0 Å². The van der Waals surface area contributed by atoms with Gasteiger partial charge in [-0.05, 0) is 35.8 Å². The Labute approximate surface area is 322 Å². The number of thiol groups is 1. The van der Waals surface area contributed by atoms with Crippen molar-refractivity contribution < 1.29 is 38.7 Å². The number of carbonyl (C=O) groups excluding carboxylic acids is 7. The van der Waals surface area contributed by atoms with E-state index in [0.717, 1.165) is 10.9 Å². The van der Waals surface area contributed by atoms with Crippen molar-refractivity contribution >= 4 is 64.9 Å². The Morgan fingerprint density at radius 2 is 1.22 bits per heavy atom. The smallest absolute Gasteiger partial charge is 0.245 e. The van der Waals surface area contributed by atoms with E-state index in [0.29, 0.717) is 24.8 Å². The van der Waals surface area contributed by atoms with Crippen LogP contribution in [0.4, 0.5) is 0 Å². The molecule has 1 aromatic heterocycles. The summed E-state index contributed by atoms with van der Waals surface area (Å²) in [5.74, 6) is -5.67. The Balaban J connectivity index is 2.40. The highest BCUT2D eigenvalue weighted by Crippen LogP contribution is 2.20. The third-order valence-electron chi connectivity index (χ3n) is 9.38. The van der Waals surface area contributed by atoms with Gasteiger partial charge in [0.15, 0.2) is 0 Å². The highest BCUT2D eigenvalue weighted by atomic mass is 32.1. The lowest BCUT2D eigenvalue weighted by molar-refractivity contribution is -0.136. The van der Waals surface area contributed by atoms with E-state index < -0.39 is 96.0 Å². The average molecular weight is 775 g/mol. The molecule has 7 amide bonds. The standard InChI is InChI=1S/C37H58N8O8S/c1-8-20(5)30(44-33(49)26(14-19(3)4)40-22(7)47)36(52)42-28(17-46)35(51)41-27(15-23-16-39-25-13-11-10-12-24(23)25)34(50)45-31(21(6)9-2)37(53)43-29(18-54)32(38)48/h10-13,16,19-21,26-31,39,46,54H,8-9,14-15,17-18H2,1-7H3,(H2,38,48)(H,40,47)(H,41,51)(H,42,52)(H,43,53)(H,44,49)(H,45,50)/t20-,21-,26-,27-,28-,29-,30-,31-/m0/s1. The van der Waals surface area contributed by atoms with E-state index in [9.17, 15) is 38.7 Å². The molecule has 0 aliphatic heterocycles. The molecule has 17 heteroatoms. The number of nitrogens with two attached hydrogens (primary N) is 1. The zero-order valence-electron chi connectivity index (χ0n) is 32.2. The summed E-state index contributed by atoms with van der Waals surface area (Å²) in [4.78, 5) is 94.8. The van der Waals surface area contributed by atoms with Gasteiger partial charge in [-0.25, -0.2) is 0 Å². The molecule has 16 nitrogen and oxygen atoms in total. The Hall–Kier alpha value is -4.64. The average Bonchev–Trinajstić information content (AvgIpc) is 3.54. The van der Waals surface area contributed by atoms with Gasteiger partial charge in [0.05, 0.1) is 6.61 Å². The van der Waals surface area contributed by atoms with Gasteiger partial charge < -0.3 is 47.7 Å². The van der Waals surface area contributed by atoms with E-state index in [1.54, 1.807) is 20.0 Å². The second-order valence-electron chi connectivity index (χ2n) is 14.1.